The summed E-state index contributed by atoms with van der Waals surface area (Å²) < 4.78 is 0.961. The van der Waals surface area contributed by atoms with E-state index < -0.39 is 0 Å². The number of carbonyl (C=O) groups excluding carboxylic acids is 2. The number of amides is 2. The Labute approximate surface area is 139 Å². The zero-order valence-electron chi connectivity index (χ0n) is 13.1. The highest BCUT2D eigenvalue weighted by Gasteiger charge is 2.23. The number of hydrogen-bond acceptors (Lipinski definition) is 3. The Bertz CT molecular complexity index is 718. The average Bonchev–Trinajstić information content (AvgIpc) is 2.73. The summed E-state index contributed by atoms with van der Waals surface area (Å²) in [5, 5.41) is 4.15. The molecule has 1 aromatic heterocycles. The van der Waals surface area contributed by atoms with Gasteiger partial charge in [0.05, 0.1) is 11.6 Å². The van der Waals surface area contributed by atoms with Crippen LogP contribution < -0.4 is 5.32 Å². The van der Waals surface area contributed by atoms with Crippen LogP contribution in [0.4, 0.5) is 0 Å². The van der Waals surface area contributed by atoms with Crippen molar-refractivity contribution in [3.63, 3.8) is 0 Å². The summed E-state index contributed by atoms with van der Waals surface area (Å²) in [5.74, 6) is -0.434. The quantitative estimate of drug-likeness (QED) is 0.930. The van der Waals surface area contributed by atoms with Crippen molar-refractivity contribution in [3.8, 4) is 0 Å². The van der Waals surface area contributed by atoms with Crippen LogP contribution in [0.5, 0.6) is 0 Å². The molecule has 0 saturated heterocycles. The molecule has 0 aliphatic heterocycles. The van der Waals surface area contributed by atoms with Gasteiger partial charge in [-0.25, -0.2) is 0 Å². The second-order valence-electron chi connectivity index (χ2n) is 6.20. The van der Waals surface area contributed by atoms with Crippen LogP contribution in [0.25, 0.3) is 10.1 Å². The van der Waals surface area contributed by atoms with Crippen molar-refractivity contribution < 1.29 is 9.59 Å². The van der Waals surface area contributed by atoms with Crippen LogP contribution in [-0.4, -0.2) is 35.8 Å². The van der Waals surface area contributed by atoms with Crippen LogP contribution >= 0.6 is 22.9 Å². The summed E-state index contributed by atoms with van der Waals surface area (Å²) in [6.07, 6.45) is 0. The van der Waals surface area contributed by atoms with Crippen molar-refractivity contribution in [1.82, 2.24) is 10.2 Å². The molecule has 1 heterocycles. The maximum Gasteiger partial charge on any atom is 0.265 e. The lowest BCUT2D eigenvalue weighted by Gasteiger charge is -2.23. The van der Waals surface area contributed by atoms with Crippen molar-refractivity contribution in [2.75, 3.05) is 13.6 Å². The maximum absolute atomic E-state index is 12.5. The van der Waals surface area contributed by atoms with Gasteiger partial charge in [0.1, 0.15) is 4.88 Å². The highest BCUT2D eigenvalue weighted by molar-refractivity contribution is 7.21. The van der Waals surface area contributed by atoms with Gasteiger partial charge in [0, 0.05) is 22.7 Å². The monoisotopic (exact) mass is 338 g/mol. The van der Waals surface area contributed by atoms with E-state index in [-0.39, 0.29) is 23.9 Å². The molecule has 0 aliphatic carbocycles. The summed E-state index contributed by atoms with van der Waals surface area (Å²) in [7, 11) is 1.60. The molecule has 1 aromatic carbocycles. The predicted molar refractivity (Wildman–Crippen MR) is 91.7 cm³/mol. The van der Waals surface area contributed by atoms with Crippen LogP contribution in [0.2, 0.25) is 5.02 Å². The molecule has 4 nitrogen and oxygen atoms in total. The van der Waals surface area contributed by atoms with Crippen molar-refractivity contribution in [3.05, 3.63) is 34.2 Å². The molecule has 0 radical (unpaired) electrons. The third-order valence-electron chi connectivity index (χ3n) is 2.97. The lowest BCUT2D eigenvalue weighted by Crippen LogP contribution is -2.46. The van der Waals surface area contributed by atoms with E-state index in [9.17, 15) is 9.59 Å². The zero-order chi connectivity index (χ0) is 16.5. The number of likely N-dealkylation sites (N-methyl/N-ethyl adjacent to an activating group) is 1. The Kier molecular flexibility index (Phi) is 4.78. The number of carbonyl (C=O) groups is 2. The van der Waals surface area contributed by atoms with Crippen LogP contribution in [-0.2, 0) is 4.79 Å². The molecule has 0 unspecified atom stereocenters. The summed E-state index contributed by atoms with van der Waals surface area (Å²) in [4.78, 5) is 26.3. The SMILES string of the molecule is CN(CC(=O)NC(C)(C)C)C(=O)c1sc2ccccc2c1Cl. The fourth-order valence-corrected chi connectivity index (χ4v) is 3.58. The normalized spacial score (nSPS) is 11.5. The van der Waals surface area contributed by atoms with Gasteiger partial charge in [-0.15, -0.1) is 11.3 Å². The molecule has 2 amide bonds. The van der Waals surface area contributed by atoms with E-state index in [2.05, 4.69) is 5.32 Å². The highest BCUT2D eigenvalue weighted by atomic mass is 35.5. The number of hydrogen-bond donors (Lipinski definition) is 1. The molecular weight excluding hydrogens is 320 g/mol. The van der Waals surface area contributed by atoms with Crippen molar-refractivity contribution >= 4 is 44.8 Å². The van der Waals surface area contributed by atoms with Gasteiger partial charge in [0.25, 0.3) is 5.91 Å². The molecule has 1 N–H and O–H groups in total. The molecule has 2 rings (SSSR count). The van der Waals surface area contributed by atoms with Crippen molar-refractivity contribution in [2.24, 2.45) is 0 Å². The summed E-state index contributed by atoms with van der Waals surface area (Å²) in [6.45, 7) is 5.70. The minimum absolute atomic E-state index is 0.000672. The topological polar surface area (TPSA) is 49.4 Å². The van der Waals surface area contributed by atoms with E-state index in [1.165, 1.54) is 16.2 Å². The maximum atomic E-state index is 12.5. The molecule has 0 spiro atoms. The lowest BCUT2D eigenvalue weighted by atomic mass is 10.1. The number of rotatable bonds is 3. The summed E-state index contributed by atoms with van der Waals surface area (Å²) in [6, 6.07) is 7.60. The fraction of sp³-hybridized carbons (Fsp3) is 0.375. The van der Waals surface area contributed by atoms with Gasteiger partial charge in [-0.2, -0.15) is 0 Å². The lowest BCUT2D eigenvalue weighted by molar-refractivity contribution is -0.122. The van der Waals surface area contributed by atoms with Crippen LogP contribution in [0.15, 0.2) is 24.3 Å². The molecule has 118 valence electrons. The first-order chi connectivity index (χ1) is 10.2. The van der Waals surface area contributed by atoms with Gasteiger partial charge in [0.2, 0.25) is 5.91 Å². The molecule has 0 fully saturated rings. The van der Waals surface area contributed by atoms with Gasteiger partial charge < -0.3 is 10.2 Å². The van der Waals surface area contributed by atoms with E-state index in [0.29, 0.717) is 9.90 Å². The Morgan fingerprint density at radius 1 is 1.27 bits per heavy atom. The minimum atomic E-state index is -0.323. The van der Waals surface area contributed by atoms with Gasteiger partial charge in [-0.05, 0) is 26.8 Å². The van der Waals surface area contributed by atoms with E-state index in [1.807, 2.05) is 45.0 Å². The number of thiophene rings is 1. The molecule has 6 heteroatoms. The average molecular weight is 339 g/mol. The van der Waals surface area contributed by atoms with Gasteiger partial charge >= 0.3 is 0 Å². The van der Waals surface area contributed by atoms with Crippen molar-refractivity contribution in [2.45, 2.75) is 26.3 Å². The third-order valence-corrected chi connectivity index (χ3v) is 4.63. The van der Waals surface area contributed by atoms with Crippen LogP contribution in [0, 0.1) is 0 Å². The Balaban J connectivity index is 2.16. The van der Waals surface area contributed by atoms with Gasteiger partial charge in [0.15, 0.2) is 0 Å². The van der Waals surface area contributed by atoms with E-state index in [1.54, 1.807) is 7.05 Å². The molecule has 0 aliphatic rings. The van der Waals surface area contributed by atoms with Crippen LogP contribution in [0.1, 0.15) is 30.4 Å². The van der Waals surface area contributed by atoms with Crippen molar-refractivity contribution in [1.29, 1.82) is 0 Å². The molecular formula is C16H19ClN2O2S. The molecule has 0 saturated carbocycles. The zero-order valence-corrected chi connectivity index (χ0v) is 14.6. The number of nitrogens with one attached hydrogen (secondary N) is 1. The Morgan fingerprint density at radius 2 is 1.91 bits per heavy atom. The molecule has 2 aromatic rings. The Hall–Kier alpha value is -1.59. The second kappa shape index (κ2) is 6.26. The first-order valence-corrected chi connectivity index (χ1v) is 8.12. The van der Waals surface area contributed by atoms with Gasteiger partial charge in [-0.1, -0.05) is 29.8 Å². The predicted octanol–water partition coefficient (Wildman–Crippen LogP) is 3.54. The van der Waals surface area contributed by atoms with E-state index in [0.717, 1.165) is 10.1 Å². The highest BCUT2D eigenvalue weighted by Crippen LogP contribution is 2.35. The number of fused-ring (bicyclic) bond motifs is 1. The standard InChI is InChI=1S/C16H19ClN2O2S/c1-16(2,3)18-12(20)9-19(4)15(21)14-13(17)10-7-5-6-8-11(10)22-14/h5-8H,9H2,1-4H3,(H,18,20). The first kappa shape index (κ1) is 16.8. The number of halogens is 1. The number of nitrogens with zero attached hydrogens (tertiary/aromatic N) is 1. The summed E-state index contributed by atoms with van der Waals surface area (Å²) >= 11 is 7.65. The molecule has 22 heavy (non-hydrogen) atoms. The Morgan fingerprint density at radius 3 is 2.50 bits per heavy atom. The van der Waals surface area contributed by atoms with Gasteiger partial charge in [-0.3, -0.25) is 9.59 Å². The third kappa shape index (κ3) is 3.78. The van der Waals surface area contributed by atoms with Crippen LogP contribution in [0.3, 0.4) is 0 Å². The first-order valence-electron chi connectivity index (χ1n) is 6.92. The molecule has 0 atom stereocenters. The molecule has 0 bridgehead atoms. The van der Waals surface area contributed by atoms with E-state index in [4.69, 9.17) is 11.6 Å². The minimum Gasteiger partial charge on any atom is -0.350 e. The summed E-state index contributed by atoms with van der Waals surface area (Å²) in [5.41, 5.74) is -0.323. The largest absolute Gasteiger partial charge is 0.350 e. The van der Waals surface area contributed by atoms with E-state index >= 15 is 0 Å². The fourth-order valence-electron chi connectivity index (χ4n) is 2.07. The number of benzene rings is 1. The smallest absolute Gasteiger partial charge is 0.265 e. The second-order valence-corrected chi connectivity index (χ2v) is 7.63.